The summed E-state index contributed by atoms with van der Waals surface area (Å²) in [7, 11) is 0. The molecule has 3 aromatic rings. The predicted octanol–water partition coefficient (Wildman–Crippen LogP) is 3.13. The van der Waals surface area contributed by atoms with Gasteiger partial charge in [0, 0.05) is 18.3 Å². The van der Waals surface area contributed by atoms with Gasteiger partial charge in [0.05, 0.1) is 5.69 Å². The Hall–Kier alpha value is -3.08. The number of hydrogen-bond donors (Lipinski definition) is 1. The van der Waals surface area contributed by atoms with Crippen LogP contribution < -0.4 is 10.1 Å². The predicted molar refractivity (Wildman–Crippen MR) is 95.0 cm³/mol. The number of benzene rings is 2. The molecule has 0 aliphatic carbocycles. The fourth-order valence-electron chi connectivity index (χ4n) is 2.98. The quantitative estimate of drug-likeness (QED) is 0.798. The lowest BCUT2D eigenvalue weighted by Gasteiger charge is -2.09. The number of aromatic nitrogens is 2. The average molecular weight is 333 g/mol. The van der Waals surface area contributed by atoms with Gasteiger partial charge in [0.1, 0.15) is 18.1 Å². The van der Waals surface area contributed by atoms with Crippen LogP contribution in [0.4, 0.5) is 0 Å². The highest BCUT2D eigenvalue weighted by molar-refractivity contribution is 5.96. The number of fused-ring (bicyclic) bond motifs is 1. The van der Waals surface area contributed by atoms with Crippen molar-refractivity contribution in [1.29, 1.82) is 0 Å². The van der Waals surface area contributed by atoms with Crippen molar-refractivity contribution >= 4 is 5.91 Å². The van der Waals surface area contributed by atoms with Crippen LogP contribution in [0.25, 0.3) is 5.69 Å². The third kappa shape index (κ3) is 3.40. The van der Waals surface area contributed by atoms with Crippen molar-refractivity contribution < 1.29 is 9.53 Å². The van der Waals surface area contributed by atoms with Crippen LogP contribution in [-0.4, -0.2) is 22.2 Å². The Balaban J connectivity index is 1.46. The van der Waals surface area contributed by atoms with Crippen LogP contribution >= 0.6 is 0 Å². The molecule has 5 nitrogen and oxygen atoms in total. The molecule has 1 amide bonds. The molecule has 2 aromatic carbocycles. The molecule has 0 bridgehead atoms. The first-order chi connectivity index (χ1) is 12.3. The summed E-state index contributed by atoms with van der Waals surface area (Å²) in [5.41, 5.74) is 3.67. The van der Waals surface area contributed by atoms with Crippen LogP contribution in [0.15, 0.2) is 60.8 Å². The van der Waals surface area contributed by atoms with Crippen molar-refractivity contribution in [2.45, 2.75) is 19.4 Å². The molecule has 0 saturated carbocycles. The van der Waals surface area contributed by atoms with E-state index in [4.69, 9.17) is 4.74 Å². The summed E-state index contributed by atoms with van der Waals surface area (Å²) < 4.78 is 7.71. The summed E-state index contributed by atoms with van der Waals surface area (Å²) in [6.07, 6.45) is 3.76. The summed E-state index contributed by atoms with van der Waals surface area (Å²) in [4.78, 5) is 12.0. The van der Waals surface area contributed by atoms with Gasteiger partial charge in [0.15, 0.2) is 0 Å². The number of hydrogen-bond acceptors (Lipinski definition) is 3. The van der Waals surface area contributed by atoms with Crippen LogP contribution in [0.5, 0.6) is 5.75 Å². The molecule has 4 rings (SSSR count). The molecular weight excluding hydrogens is 314 g/mol. The van der Waals surface area contributed by atoms with Crippen molar-refractivity contribution in [3.8, 4) is 11.4 Å². The fourth-order valence-corrected chi connectivity index (χ4v) is 2.98. The fraction of sp³-hybridized carbons (Fsp3) is 0.200. The van der Waals surface area contributed by atoms with Gasteiger partial charge in [-0.15, -0.1) is 0 Å². The summed E-state index contributed by atoms with van der Waals surface area (Å²) in [5, 5.41) is 7.44. The van der Waals surface area contributed by atoms with E-state index in [1.165, 1.54) is 0 Å². The van der Waals surface area contributed by atoms with Gasteiger partial charge < -0.3 is 10.1 Å². The van der Waals surface area contributed by atoms with Gasteiger partial charge in [-0.05, 0) is 54.8 Å². The van der Waals surface area contributed by atoms with Crippen molar-refractivity contribution in [2.24, 2.45) is 0 Å². The lowest BCUT2D eigenvalue weighted by Crippen LogP contribution is -2.22. The molecule has 0 fully saturated rings. The molecule has 2 heterocycles. The minimum Gasteiger partial charge on any atom is -0.487 e. The Labute approximate surface area is 146 Å². The molecule has 126 valence electrons. The Kier molecular flexibility index (Phi) is 4.21. The van der Waals surface area contributed by atoms with Gasteiger partial charge >= 0.3 is 0 Å². The molecular formula is C20H19N3O2. The molecule has 1 aromatic heterocycles. The number of carbonyl (C=O) groups is 1. The minimum absolute atomic E-state index is 0.000606. The van der Waals surface area contributed by atoms with Crippen LogP contribution in [0.1, 0.15) is 28.0 Å². The largest absolute Gasteiger partial charge is 0.487 e. The van der Waals surface area contributed by atoms with Crippen LogP contribution in [0.2, 0.25) is 0 Å². The third-order valence-electron chi connectivity index (χ3n) is 4.28. The molecule has 0 radical (unpaired) electrons. The van der Waals surface area contributed by atoms with E-state index in [1.54, 1.807) is 0 Å². The molecule has 1 aliphatic heterocycles. The van der Waals surface area contributed by atoms with Crippen LogP contribution in [0, 0.1) is 0 Å². The zero-order valence-corrected chi connectivity index (χ0v) is 13.8. The number of amides is 1. The van der Waals surface area contributed by atoms with E-state index in [0.29, 0.717) is 6.61 Å². The number of rotatable bonds is 4. The maximum atomic E-state index is 12.0. The zero-order valence-electron chi connectivity index (χ0n) is 13.8. The second kappa shape index (κ2) is 6.81. The SMILES string of the molecule is O=C1NCCCc2cc(OCc3ccn(-c4ccccc4)n3)ccc21. The topological polar surface area (TPSA) is 56.1 Å². The smallest absolute Gasteiger partial charge is 0.251 e. The summed E-state index contributed by atoms with van der Waals surface area (Å²) in [5.74, 6) is 0.767. The Morgan fingerprint density at radius 1 is 1.12 bits per heavy atom. The number of aryl methyl sites for hydroxylation is 1. The first-order valence-corrected chi connectivity index (χ1v) is 8.43. The number of nitrogens with zero attached hydrogens (tertiary/aromatic N) is 2. The van der Waals surface area contributed by atoms with Crippen molar-refractivity contribution in [3.63, 3.8) is 0 Å². The minimum atomic E-state index is 0.000606. The Morgan fingerprint density at radius 3 is 2.88 bits per heavy atom. The maximum absolute atomic E-state index is 12.0. The van der Waals surface area contributed by atoms with E-state index in [1.807, 2.05) is 65.5 Å². The molecule has 25 heavy (non-hydrogen) atoms. The van der Waals surface area contributed by atoms with Crippen LogP contribution in [-0.2, 0) is 13.0 Å². The molecule has 1 aliphatic rings. The van der Waals surface area contributed by atoms with Crippen molar-refractivity contribution in [2.75, 3.05) is 6.54 Å². The van der Waals surface area contributed by atoms with Gasteiger partial charge in [0.2, 0.25) is 0 Å². The second-order valence-electron chi connectivity index (χ2n) is 6.05. The molecule has 5 heteroatoms. The summed E-state index contributed by atoms with van der Waals surface area (Å²) in [6, 6.07) is 17.6. The molecule has 1 N–H and O–H groups in total. The maximum Gasteiger partial charge on any atom is 0.251 e. The van der Waals surface area contributed by atoms with Crippen molar-refractivity contribution in [1.82, 2.24) is 15.1 Å². The van der Waals surface area contributed by atoms with E-state index >= 15 is 0 Å². The van der Waals surface area contributed by atoms with E-state index in [9.17, 15) is 4.79 Å². The van der Waals surface area contributed by atoms with Gasteiger partial charge in [-0.3, -0.25) is 4.79 Å². The second-order valence-corrected chi connectivity index (χ2v) is 6.05. The van der Waals surface area contributed by atoms with Gasteiger partial charge in [-0.2, -0.15) is 5.10 Å². The number of ether oxygens (including phenoxy) is 1. The third-order valence-corrected chi connectivity index (χ3v) is 4.28. The lowest BCUT2D eigenvalue weighted by molar-refractivity contribution is 0.0956. The summed E-state index contributed by atoms with van der Waals surface area (Å²) in [6.45, 7) is 1.12. The highest BCUT2D eigenvalue weighted by Crippen LogP contribution is 2.22. The normalized spacial score (nSPS) is 13.7. The van der Waals surface area contributed by atoms with Gasteiger partial charge in [0.25, 0.3) is 5.91 Å². The monoisotopic (exact) mass is 333 g/mol. The van der Waals surface area contributed by atoms with Gasteiger partial charge in [-0.1, -0.05) is 18.2 Å². The number of para-hydroxylation sites is 1. The lowest BCUT2D eigenvalue weighted by atomic mass is 10.0. The molecule has 0 atom stereocenters. The van der Waals surface area contributed by atoms with Crippen LogP contribution in [0.3, 0.4) is 0 Å². The van der Waals surface area contributed by atoms with E-state index < -0.39 is 0 Å². The average Bonchev–Trinajstić information content (AvgIpc) is 3.05. The highest BCUT2D eigenvalue weighted by Gasteiger charge is 2.15. The van der Waals surface area contributed by atoms with E-state index in [0.717, 1.165) is 47.6 Å². The van der Waals surface area contributed by atoms with Crippen molar-refractivity contribution in [3.05, 3.63) is 77.6 Å². The number of carbonyl (C=O) groups excluding carboxylic acids is 1. The standard InChI is InChI=1S/C20H19N3O2/c24-20-19-9-8-18(13-15(19)5-4-11-21-20)25-14-16-10-12-23(22-16)17-6-2-1-3-7-17/h1-3,6-10,12-13H,4-5,11,14H2,(H,21,24). The Bertz CT molecular complexity index is 887. The first-order valence-electron chi connectivity index (χ1n) is 8.43. The Morgan fingerprint density at radius 2 is 2.00 bits per heavy atom. The molecule has 0 spiro atoms. The van der Waals surface area contributed by atoms with E-state index in [2.05, 4.69) is 10.4 Å². The summed E-state index contributed by atoms with van der Waals surface area (Å²) >= 11 is 0. The van der Waals surface area contributed by atoms with E-state index in [-0.39, 0.29) is 5.91 Å². The zero-order chi connectivity index (χ0) is 17.1. The molecule has 0 unspecified atom stereocenters. The first kappa shape index (κ1) is 15.4. The van der Waals surface area contributed by atoms with Gasteiger partial charge in [-0.25, -0.2) is 4.68 Å². The molecule has 0 saturated heterocycles. The highest BCUT2D eigenvalue weighted by atomic mass is 16.5. The number of nitrogens with one attached hydrogen (secondary N) is 1.